The van der Waals surface area contributed by atoms with Crippen LogP contribution in [0.25, 0.3) is 0 Å². The molecule has 1 aliphatic rings. The van der Waals surface area contributed by atoms with Crippen LogP contribution in [0.15, 0.2) is 48.7 Å². The second-order valence-corrected chi connectivity index (χ2v) is 6.56. The van der Waals surface area contributed by atoms with E-state index < -0.39 is 5.41 Å². The highest BCUT2D eigenvalue weighted by Gasteiger charge is 2.39. The van der Waals surface area contributed by atoms with Crippen molar-refractivity contribution in [3.8, 4) is 5.75 Å². The molecule has 1 fully saturated rings. The molecule has 1 aromatic heterocycles. The number of rotatable bonds is 7. The van der Waals surface area contributed by atoms with E-state index in [1.165, 1.54) is 0 Å². The van der Waals surface area contributed by atoms with Gasteiger partial charge in [-0.05, 0) is 50.2 Å². The average molecular weight is 428 g/mol. The number of nitrogens with one attached hydrogen (secondary N) is 2. The van der Waals surface area contributed by atoms with E-state index in [0.717, 1.165) is 37.3 Å². The molecule has 6 nitrogen and oxygen atoms in total. The Morgan fingerprint density at radius 1 is 1.18 bits per heavy atom. The second kappa shape index (κ2) is 11.9. The molecule has 1 saturated heterocycles. The van der Waals surface area contributed by atoms with Crippen LogP contribution in [0.3, 0.4) is 0 Å². The lowest BCUT2D eigenvalue weighted by atomic mass is 9.78. The minimum absolute atomic E-state index is 0. The van der Waals surface area contributed by atoms with Gasteiger partial charge < -0.3 is 20.1 Å². The number of nitrogens with zero attached hydrogens (tertiary/aromatic N) is 1. The highest BCUT2D eigenvalue weighted by Crippen LogP contribution is 2.31. The van der Waals surface area contributed by atoms with Crippen molar-refractivity contribution in [2.45, 2.75) is 19.4 Å². The zero-order valence-corrected chi connectivity index (χ0v) is 17.5. The smallest absolute Gasteiger partial charge is 0.233 e. The minimum Gasteiger partial charge on any atom is -0.487 e. The number of aromatic nitrogens is 1. The molecule has 8 heteroatoms. The van der Waals surface area contributed by atoms with Crippen LogP contribution in [0, 0.1) is 5.41 Å². The van der Waals surface area contributed by atoms with Gasteiger partial charge in [-0.15, -0.1) is 24.8 Å². The SMILES string of the molecule is COCC1(C(=O)Nc2cccc(OCc3ccccn3)c2)CCNCC1.Cl.Cl. The van der Waals surface area contributed by atoms with E-state index in [2.05, 4.69) is 15.6 Å². The van der Waals surface area contributed by atoms with Crippen molar-refractivity contribution in [1.82, 2.24) is 10.3 Å². The van der Waals surface area contributed by atoms with E-state index in [-0.39, 0.29) is 30.7 Å². The fraction of sp³-hybridized carbons (Fsp3) is 0.400. The zero-order chi connectivity index (χ0) is 18.2. The van der Waals surface area contributed by atoms with E-state index in [1.54, 1.807) is 13.3 Å². The molecule has 2 N–H and O–H groups in total. The standard InChI is InChI=1S/C20H25N3O3.2ClH/c1-25-15-20(8-11-21-12-9-20)19(24)23-16-6-4-7-18(13-16)26-14-17-5-2-3-10-22-17;;/h2-7,10,13,21H,8-9,11-12,14-15H2,1H3,(H,23,24);2*1H. The Bertz CT molecular complexity index is 720. The molecule has 0 saturated carbocycles. The Labute approximate surface area is 178 Å². The van der Waals surface area contributed by atoms with Crippen LogP contribution in [0.5, 0.6) is 5.75 Å². The Balaban J connectivity index is 0.00000196. The van der Waals surface area contributed by atoms with E-state index in [9.17, 15) is 4.79 Å². The molecule has 0 atom stereocenters. The number of carbonyl (C=O) groups is 1. The van der Waals surface area contributed by atoms with Crippen LogP contribution in [0.2, 0.25) is 0 Å². The molecule has 0 aliphatic carbocycles. The molecule has 1 amide bonds. The maximum Gasteiger partial charge on any atom is 0.233 e. The quantitative estimate of drug-likeness (QED) is 0.707. The van der Waals surface area contributed by atoms with Crippen molar-refractivity contribution in [3.63, 3.8) is 0 Å². The number of amides is 1. The fourth-order valence-electron chi connectivity index (χ4n) is 3.19. The number of hydrogen-bond acceptors (Lipinski definition) is 5. The topological polar surface area (TPSA) is 72.5 Å². The third kappa shape index (κ3) is 6.34. The second-order valence-electron chi connectivity index (χ2n) is 6.56. The van der Waals surface area contributed by atoms with Crippen molar-refractivity contribution < 1.29 is 14.3 Å². The molecule has 154 valence electrons. The summed E-state index contributed by atoms with van der Waals surface area (Å²) >= 11 is 0. The summed E-state index contributed by atoms with van der Waals surface area (Å²) in [7, 11) is 1.64. The highest BCUT2D eigenvalue weighted by molar-refractivity contribution is 5.95. The molecule has 1 aliphatic heterocycles. The highest BCUT2D eigenvalue weighted by atomic mass is 35.5. The van der Waals surface area contributed by atoms with Crippen molar-refractivity contribution >= 4 is 36.4 Å². The van der Waals surface area contributed by atoms with E-state index in [1.807, 2.05) is 42.5 Å². The maximum absolute atomic E-state index is 12.9. The molecule has 0 spiro atoms. The number of ether oxygens (including phenoxy) is 2. The molecule has 3 rings (SSSR count). The first kappa shape index (κ1) is 24.2. The minimum atomic E-state index is -0.481. The summed E-state index contributed by atoms with van der Waals surface area (Å²) in [6.45, 7) is 2.46. The number of halogens is 2. The number of piperidine rings is 1. The summed E-state index contributed by atoms with van der Waals surface area (Å²) in [6, 6.07) is 13.2. The van der Waals surface area contributed by atoms with E-state index in [0.29, 0.717) is 19.0 Å². The van der Waals surface area contributed by atoms with Gasteiger partial charge >= 0.3 is 0 Å². The number of hydrogen-bond donors (Lipinski definition) is 2. The molecule has 0 unspecified atom stereocenters. The van der Waals surface area contributed by atoms with Crippen LogP contribution in [0.1, 0.15) is 18.5 Å². The number of pyridine rings is 1. The lowest BCUT2D eigenvalue weighted by molar-refractivity contribution is -0.130. The van der Waals surface area contributed by atoms with Gasteiger partial charge in [-0.1, -0.05) is 12.1 Å². The van der Waals surface area contributed by atoms with Gasteiger partial charge in [0.05, 0.1) is 17.7 Å². The predicted molar refractivity (Wildman–Crippen MR) is 115 cm³/mol. The lowest BCUT2D eigenvalue weighted by Gasteiger charge is -2.35. The van der Waals surface area contributed by atoms with Crippen LogP contribution < -0.4 is 15.4 Å². The summed E-state index contributed by atoms with van der Waals surface area (Å²) in [5.41, 5.74) is 1.10. The monoisotopic (exact) mass is 427 g/mol. The molecule has 2 heterocycles. The first-order chi connectivity index (χ1) is 12.7. The Kier molecular flexibility index (Phi) is 10.2. The van der Waals surface area contributed by atoms with Gasteiger partial charge in [0.15, 0.2) is 0 Å². The van der Waals surface area contributed by atoms with Gasteiger partial charge in [0.25, 0.3) is 0 Å². The van der Waals surface area contributed by atoms with Crippen LogP contribution in [-0.4, -0.2) is 37.7 Å². The van der Waals surface area contributed by atoms with Gasteiger partial charge in [-0.2, -0.15) is 0 Å². The Hall–Kier alpha value is -1.86. The first-order valence-corrected chi connectivity index (χ1v) is 8.86. The Morgan fingerprint density at radius 3 is 2.64 bits per heavy atom. The largest absolute Gasteiger partial charge is 0.487 e. The number of anilines is 1. The van der Waals surface area contributed by atoms with Crippen LogP contribution in [-0.2, 0) is 16.1 Å². The van der Waals surface area contributed by atoms with Gasteiger partial charge in [0, 0.05) is 25.1 Å². The van der Waals surface area contributed by atoms with Crippen molar-refractivity contribution in [1.29, 1.82) is 0 Å². The van der Waals surface area contributed by atoms with E-state index in [4.69, 9.17) is 9.47 Å². The number of methoxy groups -OCH3 is 1. The summed E-state index contributed by atoms with van der Waals surface area (Å²) in [5.74, 6) is 0.697. The predicted octanol–water partition coefficient (Wildman–Crippen LogP) is 3.46. The molecule has 2 aromatic rings. The summed E-state index contributed by atoms with van der Waals surface area (Å²) < 4.78 is 11.1. The van der Waals surface area contributed by atoms with Gasteiger partial charge in [0.1, 0.15) is 12.4 Å². The molecular weight excluding hydrogens is 401 g/mol. The van der Waals surface area contributed by atoms with Crippen LogP contribution in [0.4, 0.5) is 5.69 Å². The third-order valence-electron chi connectivity index (χ3n) is 4.67. The van der Waals surface area contributed by atoms with Crippen molar-refractivity contribution in [2.24, 2.45) is 5.41 Å². The summed E-state index contributed by atoms with van der Waals surface area (Å²) in [4.78, 5) is 17.1. The lowest BCUT2D eigenvalue weighted by Crippen LogP contribution is -2.47. The Morgan fingerprint density at radius 2 is 1.96 bits per heavy atom. The summed E-state index contributed by atoms with van der Waals surface area (Å²) in [5, 5.41) is 6.33. The normalized spacial score (nSPS) is 14.9. The van der Waals surface area contributed by atoms with Crippen molar-refractivity contribution in [2.75, 3.05) is 32.1 Å². The number of carbonyl (C=O) groups excluding carboxylic acids is 1. The first-order valence-electron chi connectivity index (χ1n) is 8.86. The van der Waals surface area contributed by atoms with E-state index >= 15 is 0 Å². The maximum atomic E-state index is 12.9. The zero-order valence-electron chi connectivity index (χ0n) is 15.8. The third-order valence-corrected chi connectivity index (χ3v) is 4.67. The van der Waals surface area contributed by atoms with Crippen LogP contribution >= 0.6 is 24.8 Å². The fourth-order valence-corrected chi connectivity index (χ4v) is 3.19. The molecular formula is C20H27Cl2N3O3. The van der Waals surface area contributed by atoms with Gasteiger partial charge in [0.2, 0.25) is 5.91 Å². The van der Waals surface area contributed by atoms with Gasteiger partial charge in [-0.3, -0.25) is 9.78 Å². The number of benzene rings is 1. The van der Waals surface area contributed by atoms with Crippen molar-refractivity contribution in [3.05, 3.63) is 54.4 Å². The average Bonchev–Trinajstić information content (AvgIpc) is 2.68. The molecule has 28 heavy (non-hydrogen) atoms. The molecule has 0 radical (unpaired) electrons. The van der Waals surface area contributed by atoms with Gasteiger partial charge in [-0.25, -0.2) is 0 Å². The molecule has 1 aromatic carbocycles. The summed E-state index contributed by atoms with van der Waals surface area (Å²) in [6.07, 6.45) is 3.27. The molecule has 0 bridgehead atoms.